The average molecular weight is 266 g/mol. The number of halogens is 1. The Bertz CT molecular complexity index is 369. The summed E-state index contributed by atoms with van der Waals surface area (Å²) >= 11 is 0. The molecule has 1 nitrogen and oxygen atoms in total. The van der Waals surface area contributed by atoms with E-state index in [2.05, 4.69) is 43.0 Å². The second kappa shape index (κ2) is 5.63. The fourth-order valence-corrected chi connectivity index (χ4v) is 3.99. The third-order valence-electron chi connectivity index (χ3n) is 4.75. The van der Waals surface area contributed by atoms with Crippen LogP contribution in [0.5, 0.6) is 0 Å². The first-order valence-electron chi connectivity index (χ1n) is 7.23. The Morgan fingerprint density at radius 3 is 2.00 bits per heavy atom. The molecule has 2 atom stereocenters. The van der Waals surface area contributed by atoms with Crippen LogP contribution in [-0.2, 0) is 0 Å². The van der Waals surface area contributed by atoms with Gasteiger partial charge in [-0.05, 0) is 43.2 Å². The molecule has 0 saturated carbocycles. The molecular formula is C16H24ClN. The Labute approximate surface area is 117 Å². The fourth-order valence-electron chi connectivity index (χ4n) is 3.99. The predicted molar refractivity (Wildman–Crippen MR) is 79.2 cm³/mol. The van der Waals surface area contributed by atoms with Crippen molar-refractivity contribution in [1.29, 1.82) is 0 Å². The van der Waals surface area contributed by atoms with Crippen LogP contribution < -0.4 is 0 Å². The summed E-state index contributed by atoms with van der Waals surface area (Å²) in [7, 11) is 0. The van der Waals surface area contributed by atoms with E-state index in [0.717, 1.165) is 18.1 Å². The van der Waals surface area contributed by atoms with Gasteiger partial charge in [0.05, 0.1) is 0 Å². The summed E-state index contributed by atoms with van der Waals surface area (Å²) in [6, 6.07) is 11.4. The van der Waals surface area contributed by atoms with Gasteiger partial charge in [-0.1, -0.05) is 38.1 Å². The van der Waals surface area contributed by atoms with Crippen molar-refractivity contribution in [3.63, 3.8) is 0 Å². The van der Waals surface area contributed by atoms with E-state index in [1.807, 2.05) is 0 Å². The molecule has 2 aliphatic heterocycles. The summed E-state index contributed by atoms with van der Waals surface area (Å²) in [5, 5.41) is 0. The summed E-state index contributed by atoms with van der Waals surface area (Å²) in [5.74, 6) is 0. The van der Waals surface area contributed by atoms with Crippen LogP contribution in [0.4, 0.5) is 0 Å². The SMILES string of the molecule is CCC(CC)N1C2CCCC1c1ccccc12.Cl. The van der Waals surface area contributed by atoms with Crippen molar-refractivity contribution in [2.24, 2.45) is 0 Å². The Hall–Kier alpha value is -0.530. The highest BCUT2D eigenvalue weighted by atomic mass is 35.5. The lowest BCUT2D eigenvalue weighted by atomic mass is 9.96. The van der Waals surface area contributed by atoms with Crippen LogP contribution in [0.25, 0.3) is 0 Å². The molecule has 0 amide bonds. The number of rotatable bonds is 3. The maximum atomic E-state index is 2.83. The Balaban J connectivity index is 0.00000120. The molecule has 0 N–H and O–H groups in total. The van der Waals surface area contributed by atoms with Gasteiger partial charge in [0.25, 0.3) is 0 Å². The maximum Gasteiger partial charge on any atom is 0.0360 e. The molecule has 0 spiro atoms. The molecule has 0 aliphatic carbocycles. The van der Waals surface area contributed by atoms with Crippen LogP contribution in [-0.4, -0.2) is 10.9 Å². The Morgan fingerprint density at radius 2 is 1.56 bits per heavy atom. The normalized spacial score (nSPS) is 25.9. The molecule has 18 heavy (non-hydrogen) atoms. The Kier molecular flexibility index (Phi) is 4.34. The van der Waals surface area contributed by atoms with Gasteiger partial charge in [0, 0.05) is 18.1 Å². The molecule has 2 aliphatic rings. The number of fused-ring (bicyclic) bond motifs is 5. The highest BCUT2D eigenvalue weighted by molar-refractivity contribution is 5.85. The van der Waals surface area contributed by atoms with Crippen LogP contribution in [0, 0.1) is 0 Å². The van der Waals surface area contributed by atoms with Crippen molar-refractivity contribution in [1.82, 2.24) is 4.90 Å². The summed E-state index contributed by atoms with van der Waals surface area (Å²) in [5.41, 5.74) is 3.25. The van der Waals surface area contributed by atoms with Gasteiger partial charge in [-0.25, -0.2) is 0 Å². The van der Waals surface area contributed by atoms with E-state index in [1.165, 1.54) is 32.1 Å². The molecule has 3 rings (SSSR count). The van der Waals surface area contributed by atoms with Crippen molar-refractivity contribution in [3.8, 4) is 0 Å². The minimum atomic E-state index is 0. The third-order valence-corrected chi connectivity index (χ3v) is 4.75. The van der Waals surface area contributed by atoms with Gasteiger partial charge >= 0.3 is 0 Å². The van der Waals surface area contributed by atoms with E-state index in [4.69, 9.17) is 0 Å². The zero-order chi connectivity index (χ0) is 11.8. The van der Waals surface area contributed by atoms with E-state index < -0.39 is 0 Å². The van der Waals surface area contributed by atoms with Crippen molar-refractivity contribution in [3.05, 3.63) is 35.4 Å². The summed E-state index contributed by atoms with van der Waals surface area (Å²) in [6.45, 7) is 4.68. The largest absolute Gasteiger partial charge is 0.286 e. The lowest BCUT2D eigenvalue weighted by molar-refractivity contribution is 0.0543. The second-order valence-corrected chi connectivity index (χ2v) is 5.51. The van der Waals surface area contributed by atoms with Gasteiger partial charge in [0.2, 0.25) is 0 Å². The standard InChI is InChI=1S/C16H23N.ClH/c1-3-12(4-2)17-15-10-7-11-16(17)14-9-6-5-8-13(14)15;/h5-6,8-9,12,15-16H,3-4,7,10-11H2,1-2H3;1H. The van der Waals surface area contributed by atoms with Gasteiger partial charge in [0.15, 0.2) is 0 Å². The van der Waals surface area contributed by atoms with Gasteiger partial charge in [0.1, 0.15) is 0 Å². The maximum absolute atomic E-state index is 2.83. The van der Waals surface area contributed by atoms with Crippen LogP contribution in [0.15, 0.2) is 24.3 Å². The number of nitrogens with zero attached hydrogens (tertiary/aromatic N) is 1. The monoisotopic (exact) mass is 265 g/mol. The van der Waals surface area contributed by atoms with Crippen LogP contribution in [0.3, 0.4) is 0 Å². The number of benzene rings is 1. The van der Waals surface area contributed by atoms with Crippen molar-refractivity contribution in [2.75, 3.05) is 0 Å². The molecule has 1 aromatic rings. The number of piperidine rings is 1. The molecule has 1 saturated heterocycles. The third kappa shape index (κ3) is 1.98. The van der Waals surface area contributed by atoms with E-state index in [-0.39, 0.29) is 12.4 Å². The molecule has 0 radical (unpaired) electrons. The van der Waals surface area contributed by atoms with Crippen LogP contribution in [0.1, 0.15) is 69.2 Å². The first-order chi connectivity index (χ1) is 8.36. The molecule has 2 bridgehead atoms. The van der Waals surface area contributed by atoms with Gasteiger partial charge < -0.3 is 0 Å². The number of hydrogen-bond acceptors (Lipinski definition) is 1. The molecule has 1 fully saturated rings. The first-order valence-corrected chi connectivity index (χ1v) is 7.23. The van der Waals surface area contributed by atoms with Gasteiger partial charge in [-0.2, -0.15) is 0 Å². The predicted octanol–water partition coefficient (Wildman–Crippen LogP) is 4.88. The molecule has 2 unspecified atom stereocenters. The molecule has 0 aromatic heterocycles. The molecule has 1 aromatic carbocycles. The summed E-state index contributed by atoms with van der Waals surface area (Å²) < 4.78 is 0. The van der Waals surface area contributed by atoms with E-state index >= 15 is 0 Å². The summed E-state index contributed by atoms with van der Waals surface area (Å²) in [4.78, 5) is 2.83. The summed E-state index contributed by atoms with van der Waals surface area (Å²) in [6.07, 6.45) is 6.71. The minimum Gasteiger partial charge on any atom is -0.286 e. The molecular weight excluding hydrogens is 242 g/mol. The van der Waals surface area contributed by atoms with Gasteiger partial charge in [-0.15, -0.1) is 12.4 Å². The van der Waals surface area contributed by atoms with E-state index in [1.54, 1.807) is 11.1 Å². The average Bonchev–Trinajstić information content (AvgIpc) is 2.57. The van der Waals surface area contributed by atoms with Gasteiger partial charge in [-0.3, -0.25) is 4.90 Å². The minimum absolute atomic E-state index is 0. The quantitative estimate of drug-likeness (QED) is 0.753. The molecule has 2 heteroatoms. The van der Waals surface area contributed by atoms with Crippen LogP contribution in [0.2, 0.25) is 0 Å². The van der Waals surface area contributed by atoms with Crippen molar-refractivity contribution in [2.45, 2.75) is 64.1 Å². The van der Waals surface area contributed by atoms with E-state index in [9.17, 15) is 0 Å². The number of hydrogen-bond donors (Lipinski definition) is 0. The highest BCUT2D eigenvalue weighted by Crippen LogP contribution is 2.52. The zero-order valence-corrected chi connectivity index (χ0v) is 12.2. The lowest BCUT2D eigenvalue weighted by Gasteiger charge is -2.40. The highest BCUT2D eigenvalue weighted by Gasteiger charge is 2.42. The second-order valence-electron chi connectivity index (χ2n) is 5.51. The van der Waals surface area contributed by atoms with Crippen molar-refractivity contribution < 1.29 is 0 Å². The van der Waals surface area contributed by atoms with E-state index in [0.29, 0.717) is 0 Å². The smallest absolute Gasteiger partial charge is 0.0360 e. The topological polar surface area (TPSA) is 3.24 Å². The molecule has 100 valence electrons. The molecule has 2 heterocycles. The first kappa shape index (κ1) is 13.9. The zero-order valence-electron chi connectivity index (χ0n) is 11.4. The lowest BCUT2D eigenvalue weighted by Crippen LogP contribution is -2.38. The fraction of sp³-hybridized carbons (Fsp3) is 0.625. The Morgan fingerprint density at radius 1 is 1.06 bits per heavy atom. The van der Waals surface area contributed by atoms with Crippen LogP contribution >= 0.6 is 12.4 Å². The van der Waals surface area contributed by atoms with Crippen molar-refractivity contribution >= 4 is 12.4 Å².